The van der Waals surface area contributed by atoms with E-state index in [9.17, 15) is 9.36 Å². The van der Waals surface area contributed by atoms with Crippen molar-refractivity contribution in [3.8, 4) is 0 Å². The van der Waals surface area contributed by atoms with Crippen LogP contribution in [0.4, 0.5) is 0 Å². The third kappa shape index (κ3) is 3.52. The number of aliphatic carboxylic acids is 1. The molecule has 0 saturated heterocycles. The van der Waals surface area contributed by atoms with Crippen LogP contribution < -0.4 is 0 Å². The van der Waals surface area contributed by atoms with Crippen molar-refractivity contribution in [1.29, 1.82) is 0 Å². The summed E-state index contributed by atoms with van der Waals surface area (Å²) < 4.78 is 12.0. The largest absolute Gasteiger partial charge is 0.481 e. The molecule has 0 fully saturated rings. The first-order valence-corrected chi connectivity index (χ1v) is 7.39. The lowest BCUT2D eigenvalue weighted by molar-refractivity contribution is -0.137. The van der Waals surface area contributed by atoms with E-state index >= 15 is 0 Å². The Labute approximate surface area is 89.5 Å². The second-order valence-corrected chi connectivity index (χ2v) is 7.45. The fraction of sp³-hybridized carbons (Fsp3) is 0.364. The normalized spacial score (nSPS) is 13.5. The minimum absolute atomic E-state index is 0.0751. The van der Waals surface area contributed by atoms with Crippen LogP contribution in [-0.2, 0) is 9.36 Å². The zero-order valence-corrected chi connectivity index (χ0v) is 9.78. The Kier molecular flexibility index (Phi) is 3.70. The molecule has 1 atom stereocenters. The van der Waals surface area contributed by atoms with Gasteiger partial charge >= 0.3 is 5.97 Å². The molecule has 0 spiro atoms. The van der Waals surface area contributed by atoms with Crippen LogP contribution in [-0.4, -0.2) is 24.4 Å². The van der Waals surface area contributed by atoms with Crippen LogP contribution in [0, 0.1) is 0 Å². The molecule has 0 radical (unpaired) electrons. The highest BCUT2D eigenvalue weighted by Gasteiger charge is 2.27. The number of carboxylic acids is 1. The van der Waals surface area contributed by atoms with E-state index in [0.717, 1.165) is 5.56 Å². The van der Waals surface area contributed by atoms with Gasteiger partial charge in [-0.3, -0.25) is 4.79 Å². The van der Waals surface area contributed by atoms with Crippen LogP contribution >= 0.6 is 7.14 Å². The van der Waals surface area contributed by atoms with Gasteiger partial charge in [0.05, 0.1) is 13.6 Å². The third-order valence-corrected chi connectivity index (χ3v) is 4.28. The van der Waals surface area contributed by atoms with Crippen LogP contribution in [0.1, 0.15) is 17.6 Å². The van der Waals surface area contributed by atoms with Crippen LogP contribution in [0.3, 0.4) is 0 Å². The Morgan fingerprint density at radius 3 is 2.27 bits per heavy atom. The Bertz CT molecular complexity index is 380. The number of rotatable bonds is 4. The van der Waals surface area contributed by atoms with Crippen LogP contribution in [0.5, 0.6) is 0 Å². The summed E-state index contributed by atoms with van der Waals surface area (Å²) in [5, 5.41) is 8.79. The minimum atomic E-state index is -2.43. The maximum atomic E-state index is 12.0. The summed E-state index contributed by atoms with van der Waals surface area (Å²) in [6, 6.07) is 9.18. The lowest BCUT2D eigenvalue weighted by Crippen LogP contribution is -2.06. The molecular weight excluding hydrogens is 211 g/mol. The van der Waals surface area contributed by atoms with Crippen LogP contribution in [0.15, 0.2) is 30.3 Å². The van der Waals surface area contributed by atoms with Gasteiger partial charge in [-0.2, -0.15) is 0 Å². The second-order valence-electron chi connectivity index (χ2n) is 3.96. The molecule has 4 heteroatoms. The highest BCUT2D eigenvalue weighted by atomic mass is 31.2. The predicted molar refractivity (Wildman–Crippen MR) is 60.9 cm³/mol. The molecule has 0 amide bonds. The fourth-order valence-electron chi connectivity index (χ4n) is 1.54. The van der Waals surface area contributed by atoms with Gasteiger partial charge in [0.15, 0.2) is 0 Å². The molecule has 1 aromatic carbocycles. The summed E-state index contributed by atoms with van der Waals surface area (Å²) in [5.74, 6) is -0.909. The van der Waals surface area contributed by atoms with Gasteiger partial charge in [0.25, 0.3) is 0 Å². The molecule has 3 nitrogen and oxygen atoms in total. The zero-order chi connectivity index (χ0) is 11.5. The predicted octanol–water partition coefficient (Wildman–Crippen LogP) is 2.83. The SMILES string of the molecule is CP(C)(=O)C(CC(=O)O)c1ccccc1. The Hall–Kier alpha value is -1.08. The highest BCUT2D eigenvalue weighted by molar-refractivity contribution is 7.62. The van der Waals surface area contributed by atoms with Crippen molar-refractivity contribution in [3.63, 3.8) is 0 Å². The average Bonchev–Trinajstić information content (AvgIpc) is 2.14. The second kappa shape index (κ2) is 4.63. The molecule has 0 aliphatic heterocycles. The summed E-state index contributed by atoms with van der Waals surface area (Å²) in [4.78, 5) is 10.7. The first-order chi connectivity index (χ1) is 6.91. The van der Waals surface area contributed by atoms with Gasteiger partial charge < -0.3 is 9.67 Å². The first-order valence-electron chi connectivity index (χ1n) is 4.72. The summed E-state index contributed by atoms with van der Waals surface area (Å²) in [6.07, 6.45) is -0.0751. The van der Waals surface area contributed by atoms with Crippen molar-refractivity contribution in [3.05, 3.63) is 35.9 Å². The van der Waals surface area contributed by atoms with Crippen molar-refractivity contribution in [2.24, 2.45) is 0 Å². The molecule has 1 rings (SSSR count). The maximum absolute atomic E-state index is 12.0. The molecule has 1 N–H and O–H groups in total. The maximum Gasteiger partial charge on any atom is 0.304 e. The topological polar surface area (TPSA) is 54.4 Å². The van der Waals surface area contributed by atoms with E-state index in [1.165, 1.54) is 0 Å². The molecule has 1 unspecified atom stereocenters. The van der Waals surface area contributed by atoms with Gasteiger partial charge in [-0.15, -0.1) is 0 Å². The van der Waals surface area contributed by atoms with Gasteiger partial charge in [0.1, 0.15) is 0 Å². The van der Waals surface area contributed by atoms with E-state index in [1.807, 2.05) is 30.3 Å². The molecule has 15 heavy (non-hydrogen) atoms. The van der Waals surface area contributed by atoms with E-state index in [0.29, 0.717) is 0 Å². The van der Waals surface area contributed by atoms with Crippen molar-refractivity contribution in [1.82, 2.24) is 0 Å². The Morgan fingerprint density at radius 2 is 1.87 bits per heavy atom. The third-order valence-electron chi connectivity index (χ3n) is 2.30. The zero-order valence-electron chi connectivity index (χ0n) is 8.88. The molecule has 0 bridgehead atoms. The van der Waals surface area contributed by atoms with E-state index in [2.05, 4.69) is 0 Å². The molecule has 0 aromatic heterocycles. The molecule has 0 aliphatic carbocycles. The number of benzene rings is 1. The van der Waals surface area contributed by atoms with Crippen molar-refractivity contribution < 1.29 is 14.5 Å². The van der Waals surface area contributed by atoms with E-state index in [1.54, 1.807) is 13.3 Å². The smallest absolute Gasteiger partial charge is 0.304 e. The molecule has 0 aliphatic rings. The molecule has 1 aromatic rings. The lowest BCUT2D eigenvalue weighted by atomic mass is 10.1. The quantitative estimate of drug-likeness (QED) is 0.803. The molecule has 0 saturated carbocycles. The standard InChI is InChI=1S/C11H15O3P/c1-15(2,14)10(8-11(12)13)9-6-4-3-5-7-9/h3-7,10H,8H2,1-2H3,(H,12,13). The van der Waals surface area contributed by atoms with E-state index < -0.39 is 13.1 Å². The average molecular weight is 226 g/mol. The summed E-state index contributed by atoms with van der Waals surface area (Å²) >= 11 is 0. The van der Waals surface area contributed by atoms with Crippen molar-refractivity contribution in [2.75, 3.05) is 13.3 Å². The van der Waals surface area contributed by atoms with E-state index in [-0.39, 0.29) is 12.1 Å². The van der Waals surface area contributed by atoms with Crippen LogP contribution in [0.2, 0.25) is 0 Å². The van der Waals surface area contributed by atoms with Gasteiger partial charge in [0.2, 0.25) is 0 Å². The summed E-state index contributed by atoms with van der Waals surface area (Å²) in [6.45, 7) is 3.27. The lowest BCUT2D eigenvalue weighted by Gasteiger charge is -2.19. The van der Waals surface area contributed by atoms with Gasteiger partial charge in [-0.05, 0) is 18.9 Å². The fourth-order valence-corrected chi connectivity index (χ4v) is 3.02. The number of hydrogen-bond acceptors (Lipinski definition) is 2. The molecular formula is C11H15O3P. The summed E-state index contributed by atoms with van der Waals surface area (Å²) in [5.41, 5.74) is 0.462. The number of carboxylic acid groups (broad SMARTS) is 1. The summed E-state index contributed by atoms with van der Waals surface area (Å²) in [7, 11) is -2.43. The van der Waals surface area contributed by atoms with Gasteiger partial charge in [-0.25, -0.2) is 0 Å². The highest BCUT2D eigenvalue weighted by Crippen LogP contribution is 2.54. The van der Waals surface area contributed by atoms with Gasteiger partial charge in [-0.1, -0.05) is 30.3 Å². The Morgan fingerprint density at radius 1 is 1.33 bits per heavy atom. The molecule has 82 valence electrons. The van der Waals surface area contributed by atoms with Crippen molar-refractivity contribution in [2.45, 2.75) is 12.1 Å². The first kappa shape index (κ1) is 12.0. The molecule has 0 heterocycles. The van der Waals surface area contributed by atoms with E-state index in [4.69, 9.17) is 5.11 Å². The minimum Gasteiger partial charge on any atom is -0.481 e. The van der Waals surface area contributed by atoms with Crippen LogP contribution in [0.25, 0.3) is 0 Å². The Balaban J connectivity index is 3.02. The van der Waals surface area contributed by atoms with Crippen molar-refractivity contribution >= 4 is 13.1 Å². The number of carbonyl (C=O) groups is 1. The monoisotopic (exact) mass is 226 g/mol. The number of hydrogen-bond donors (Lipinski definition) is 1. The van der Waals surface area contributed by atoms with Gasteiger partial charge in [0, 0.05) is 5.66 Å².